The minimum absolute atomic E-state index is 0.0174. The van der Waals surface area contributed by atoms with Gasteiger partial charge in [-0.3, -0.25) is 10.1 Å². The van der Waals surface area contributed by atoms with Crippen LogP contribution in [0.4, 0.5) is 0 Å². The van der Waals surface area contributed by atoms with Gasteiger partial charge in [-0.25, -0.2) is 5.01 Å². The van der Waals surface area contributed by atoms with E-state index in [4.69, 9.17) is 5.73 Å². The van der Waals surface area contributed by atoms with Crippen molar-refractivity contribution in [1.29, 1.82) is 0 Å². The molecule has 0 saturated carbocycles. The lowest BCUT2D eigenvalue weighted by Crippen LogP contribution is -2.53. The van der Waals surface area contributed by atoms with Crippen molar-refractivity contribution in [3.8, 4) is 0 Å². The van der Waals surface area contributed by atoms with Crippen molar-refractivity contribution in [1.82, 2.24) is 15.8 Å². The van der Waals surface area contributed by atoms with Crippen molar-refractivity contribution >= 4 is 5.91 Å². The van der Waals surface area contributed by atoms with Crippen molar-refractivity contribution in [2.75, 3.05) is 13.1 Å². The van der Waals surface area contributed by atoms with Crippen LogP contribution in [0.25, 0.3) is 0 Å². The summed E-state index contributed by atoms with van der Waals surface area (Å²) < 4.78 is 0. The highest BCUT2D eigenvalue weighted by Crippen LogP contribution is 2.14. The van der Waals surface area contributed by atoms with Crippen molar-refractivity contribution in [2.45, 2.75) is 12.6 Å². The molecule has 0 aromatic rings. The van der Waals surface area contributed by atoms with Crippen LogP contribution in [0, 0.1) is 0 Å². The second-order valence-electron chi connectivity index (χ2n) is 3.00. The van der Waals surface area contributed by atoms with Crippen molar-refractivity contribution in [3.63, 3.8) is 0 Å². The number of rotatable bonds is 1. The van der Waals surface area contributed by atoms with E-state index in [0.717, 1.165) is 19.5 Å². The molecule has 5 nitrogen and oxygen atoms in total. The number of nitrogens with two attached hydrogens (primary N) is 1. The lowest BCUT2D eigenvalue weighted by Gasteiger charge is -2.31. The number of nitrogens with zero attached hydrogens (tertiary/aromatic N) is 1. The van der Waals surface area contributed by atoms with Gasteiger partial charge in [0.25, 0.3) is 0 Å². The maximum Gasteiger partial charge on any atom is 0.249 e. The monoisotopic (exact) mass is 168 g/mol. The lowest BCUT2D eigenvalue weighted by atomic mass is 10.2. The first-order valence-electron chi connectivity index (χ1n) is 4.05. The largest absolute Gasteiger partial charge is 0.366 e. The lowest BCUT2D eigenvalue weighted by molar-refractivity contribution is -0.115. The minimum atomic E-state index is -0.357. The van der Waals surface area contributed by atoms with Crippen LogP contribution in [0.15, 0.2) is 11.8 Å². The van der Waals surface area contributed by atoms with Crippen molar-refractivity contribution in [3.05, 3.63) is 11.8 Å². The first-order valence-corrected chi connectivity index (χ1v) is 4.05. The Hall–Kier alpha value is -1.07. The number of hydrogen-bond acceptors (Lipinski definition) is 4. The average Bonchev–Trinajstić information content (AvgIpc) is 2.47. The third-order valence-corrected chi connectivity index (χ3v) is 2.19. The summed E-state index contributed by atoms with van der Waals surface area (Å²) in [6, 6.07) is 0. The molecule has 2 aliphatic rings. The van der Waals surface area contributed by atoms with Crippen LogP contribution >= 0.6 is 0 Å². The third-order valence-electron chi connectivity index (χ3n) is 2.19. The van der Waals surface area contributed by atoms with Crippen LogP contribution in [-0.2, 0) is 4.79 Å². The highest BCUT2D eigenvalue weighted by Gasteiger charge is 2.31. The molecule has 1 saturated heterocycles. The number of carbonyl (C=O) groups excluding carboxylic acids is 1. The van der Waals surface area contributed by atoms with E-state index in [0.29, 0.717) is 5.57 Å². The highest BCUT2D eigenvalue weighted by molar-refractivity contribution is 5.93. The molecule has 0 radical (unpaired) electrons. The Kier molecular flexibility index (Phi) is 1.74. The fraction of sp³-hybridized carbons (Fsp3) is 0.571. The molecule has 1 atom stereocenters. The molecule has 4 N–H and O–H groups in total. The molecular formula is C7H12N4O. The first-order chi connectivity index (χ1) is 5.79. The second kappa shape index (κ2) is 2.76. The van der Waals surface area contributed by atoms with Gasteiger partial charge in [0.05, 0.1) is 5.57 Å². The first kappa shape index (κ1) is 7.57. The molecule has 0 aromatic heterocycles. The number of carbonyl (C=O) groups is 1. The van der Waals surface area contributed by atoms with Gasteiger partial charge >= 0.3 is 0 Å². The Bertz CT molecular complexity index is 238. The van der Waals surface area contributed by atoms with Gasteiger partial charge in [-0.05, 0) is 13.0 Å². The summed E-state index contributed by atoms with van der Waals surface area (Å²) in [5.41, 5.74) is 8.81. The average molecular weight is 168 g/mol. The molecular weight excluding hydrogens is 156 g/mol. The molecule has 66 valence electrons. The Balaban J connectivity index is 2.13. The molecule has 0 aliphatic carbocycles. The van der Waals surface area contributed by atoms with E-state index in [9.17, 15) is 4.79 Å². The predicted octanol–water partition coefficient (Wildman–Crippen LogP) is -1.50. The van der Waals surface area contributed by atoms with Gasteiger partial charge in [-0.1, -0.05) is 0 Å². The quantitative estimate of drug-likeness (QED) is 0.445. The van der Waals surface area contributed by atoms with Gasteiger partial charge in [-0.2, -0.15) is 0 Å². The summed E-state index contributed by atoms with van der Waals surface area (Å²) in [4.78, 5) is 10.9. The van der Waals surface area contributed by atoms with Gasteiger partial charge in [0.2, 0.25) is 5.91 Å². The van der Waals surface area contributed by atoms with Crippen LogP contribution in [0.5, 0.6) is 0 Å². The normalized spacial score (nSPS) is 29.0. The highest BCUT2D eigenvalue weighted by atomic mass is 16.1. The molecule has 1 unspecified atom stereocenters. The summed E-state index contributed by atoms with van der Waals surface area (Å²) >= 11 is 0. The van der Waals surface area contributed by atoms with E-state index >= 15 is 0 Å². The SMILES string of the molecule is NC(=O)C1=CNN2CCCNC12. The number of hydrazine groups is 1. The van der Waals surface area contributed by atoms with Crippen LogP contribution in [0.1, 0.15) is 6.42 Å². The zero-order valence-electron chi connectivity index (χ0n) is 6.71. The summed E-state index contributed by atoms with van der Waals surface area (Å²) in [5.74, 6) is -0.357. The van der Waals surface area contributed by atoms with Crippen molar-refractivity contribution < 1.29 is 4.79 Å². The van der Waals surface area contributed by atoms with Crippen LogP contribution < -0.4 is 16.5 Å². The van der Waals surface area contributed by atoms with E-state index in [1.54, 1.807) is 6.20 Å². The van der Waals surface area contributed by atoms with Crippen LogP contribution in [0.2, 0.25) is 0 Å². The molecule has 0 bridgehead atoms. The van der Waals surface area contributed by atoms with Gasteiger partial charge in [0.1, 0.15) is 6.17 Å². The molecule has 1 fully saturated rings. The van der Waals surface area contributed by atoms with E-state index < -0.39 is 0 Å². The number of fused-ring (bicyclic) bond motifs is 1. The number of amides is 1. The van der Waals surface area contributed by atoms with E-state index in [1.807, 2.05) is 5.01 Å². The Morgan fingerprint density at radius 1 is 1.75 bits per heavy atom. The maximum atomic E-state index is 10.9. The van der Waals surface area contributed by atoms with Gasteiger partial charge < -0.3 is 11.2 Å². The molecule has 2 aliphatic heterocycles. The van der Waals surface area contributed by atoms with E-state index in [1.165, 1.54) is 0 Å². The maximum absolute atomic E-state index is 10.9. The smallest absolute Gasteiger partial charge is 0.249 e. The Morgan fingerprint density at radius 2 is 2.58 bits per heavy atom. The Labute approximate surface area is 70.6 Å². The second-order valence-corrected chi connectivity index (χ2v) is 3.00. The van der Waals surface area contributed by atoms with Crippen LogP contribution in [0.3, 0.4) is 0 Å². The Morgan fingerprint density at radius 3 is 3.33 bits per heavy atom. The molecule has 2 rings (SSSR count). The van der Waals surface area contributed by atoms with E-state index in [2.05, 4.69) is 10.7 Å². The zero-order valence-corrected chi connectivity index (χ0v) is 6.71. The third kappa shape index (κ3) is 1.07. The zero-order chi connectivity index (χ0) is 8.55. The summed E-state index contributed by atoms with van der Waals surface area (Å²) in [5, 5.41) is 5.18. The molecule has 0 spiro atoms. The van der Waals surface area contributed by atoms with Gasteiger partial charge in [0, 0.05) is 12.7 Å². The van der Waals surface area contributed by atoms with E-state index in [-0.39, 0.29) is 12.1 Å². The number of primary amides is 1. The summed E-state index contributed by atoms with van der Waals surface area (Å²) in [6.45, 7) is 1.89. The predicted molar refractivity (Wildman–Crippen MR) is 43.5 cm³/mol. The van der Waals surface area contributed by atoms with Crippen LogP contribution in [-0.4, -0.2) is 30.2 Å². The fourth-order valence-electron chi connectivity index (χ4n) is 1.58. The molecule has 0 aromatic carbocycles. The van der Waals surface area contributed by atoms with Gasteiger partial charge in [-0.15, -0.1) is 0 Å². The fourth-order valence-corrected chi connectivity index (χ4v) is 1.58. The molecule has 2 heterocycles. The molecule has 5 heteroatoms. The number of nitrogens with one attached hydrogen (secondary N) is 2. The minimum Gasteiger partial charge on any atom is -0.366 e. The summed E-state index contributed by atoms with van der Waals surface area (Å²) in [6.07, 6.45) is 2.74. The van der Waals surface area contributed by atoms with Gasteiger partial charge in [0.15, 0.2) is 0 Å². The topological polar surface area (TPSA) is 70.4 Å². The molecule has 12 heavy (non-hydrogen) atoms. The standard InChI is InChI=1S/C7H12N4O/c8-6(12)5-4-10-11-3-1-2-9-7(5)11/h4,7,9-10H,1-3H2,(H2,8,12). The summed E-state index contributed by atoms with van der Waals surface area (Å²) in [7, 11) is 0. The molecule has 1 amide bonds. The van der Waals surface area contributed by atoms with Crippen molar-refractivity contribution in [2.24, 2.45) is 5.73 Å². The number of hydrogen-bond donors (Lipinski definition) is 3.